The molecule has 1 saturated carbocycles. The molecule has 4 heteroatoms. The van der Waals surface area contributed by atoms with Crippen LogP contribution in [-0.4, -0.2) is 27.5 Å². The fraction of sp³-hybridized carbons (Fsp3) is 0.769. The van der Waals surface area contributed by atoms with Gasteiger partial charge in [0.25, 0.3) is 0 Å². The van der Waals surface area contributed by atoms with Gasteiger partial charge in [0.05, 0.1) is 12.3 Å². The Morgan fingerprint density at radius 3 is 2.88 bits per heavy atom. The summed E-state index contributed by atoms with van der Waals surface area (Å²) in [6.07, 6.45) is 6.37. The normalized spacial score (nSPS) is 25.1. The molecular formula is C13H23N3O. The van der Waals surface area contributed by atoms with E-state index >= 15 is 0 Å². The first kappa shape index (κ1) is 12.6. The molecule has 0 bridgehead atoms. The first-order chi connectivity index (χ1) is 8.18. The van der Waals surface area contributed by atoms with E-state index in [0.717, 1.165) is 25.9 Å². The van der Waals surface area contributed by atoms with Gasteiger partial charge in [-0.05, 0) is 25.7 Å². The second-order valence-corrected chi connectivity index (χ2v) is 5.12. The molecule has 2 N–H and O–H groups in total. The molecule has 0 aliphatic heterocycles. The molecule has 96 valence electrons. The van der Waals surface area contributed by atoms with Crippen molar-refractivity contribution in [2.45, 2.75) is 45.3 Å². The molecule has 0 aromatic carbocycles. The molecule has 1 aromatic heterocycles. The third kappa shape index (κ3) is 3.07. The van der Waals surface area contributed by atoms with Gasteiger partial charge >= 0.3 is 0 Å². The van der Waals surface area contributed by atoms with Crippen molar-refractivity contribution in [3.8, 4) is 0 Å². The Bertz CT molecular complexity index is 362. The highest BCUT2D eigenvalue weighted by Crippen LogP contribution is 2.23. The lowest BCUT2D eigenvalue weighted by molar-refractivity contribution is 0.0695. The Balaban J connectivity index is 1.77. The standard InChI is InChI=1S/C13H23N3O/c1-10-12(9-15-16(10)2)8-14-7-11-5-3-4-6-13(11)17/h9,11,13-14,17H,3-8H2,1-2H3. The summed E-state index contributed by atoms with van der Waals surface area (Å²) in [6.45, 7) is 3.85. The van der Waals surface area contributed by atoms with Gasteiger partial charge < -0.3 is 10.4 Å². The van der Waals surface area contributed by atoms with E-state index in [-0.39, 0.29) is 6.10 Å². The minimum absolute atomic E-state index is 0.105. The van der Waals surface area contributed by atoms with Crippen LogP contribution < -0.4 is 5.32 Å². The average molecular weight is 237 g/mol. The van der Waals surface area contributed by atoms with E-state index in [4.69, 9.17) is 0 Å². The lowest BCUT2D eigenvalue weighted by Gasteiger charge is -2.27. The molecular weight excluding hydrogens is 214 g/mol. The van der Waals surface area contributed by atoms with Crippen LogP contribution in [0.25, 0.3) is 0 Å². The van der Waals surface area contributed by atoms with Gasteiger partial charge in [0.15, 0.2) is 0 Å². The summed E-state index contributed by atoms with van der Waals surface area (Å²) in [5, 5.41) is 17.5. The van der Waals surface area contributed by atoms with E-state index in [1.807, 2.05) is 17.9 Å². The minimum atomic E-state index is -0.105. The second kappa shape index (κ2) is 5.65. The van der Waals surface area contributed by atoms with Crippen LogP contribution in [0.5, 0.6) is 0 Å². The SMILES string of the molecule is Cc1c(CNCC2CCCCC2O)cnn1C. The van der Waals surface area contributed by atoms with E-state index in [0.29, 0.717) is 5.92 Å². The topological polar surface area (TPSA) is 50.1 Å². The van der Waals surface area contributed by atoms with Crippen molar-refractivity contribution in [2.75, 3.05) is 6.54 Å². The van der Waals surface area contributed by atoms with Crippen molar-refractivity contribution in [3.63, 3.8) is 0 Å². The number of aliphatic hydroxyl groups is 1. The van der Waals surface area contributed by atoms with Gasteiger partial charge in [-0.2, -0.15) is 5.10 Å². The zero-order valence-electron chi connectivity index (χ0n) is 10.8. The highest BCUT2D eigenvalue weighted by molar-refractivity contribution is 5.15. The third-order valence-electron chi connectivity index (χ3n) is 3.93. The fourth-order valence-electron chi connectivity index (χ4n) is 2.54. The van der Waals surface area contributed by atoms with E-state index < -0.39 is 0 Å². The Kier molecular flexibility index (Phi) is 4.18. The Morgan fingerprint density at radius 2 is 2.24 bits per heavy atom. The highest BCUT2D eigenvalue weighted by Gasteiger charge is 2.22. The predicted molar refractivity (Wildman–Crippen MR) is 67.6 cm³/mol. The molecule has 0 saturated heterocycles. The summed E-state index contributed by atoms with van der Waals surface area (Å²) in [6, 6.07) is 0. The van der Waals surface area contributed by atoms with Crippen LogP contribution in [-0.2, 0) is 13.6 Å². The van der Waals surface area contributed by atoms with Crippen LogP contribution in [0, 0.1) is 12.8 Å². The Labute approximate surface area is 103 Å². The van der Waals surface area contributed by atoms with Crippen molar-refractivity contribution in [3.05, 3.63) is 17.5 Å². The van der Waals surface area contributed by atoms with Gasteiger partial charge in [0, 0.05) is 31.4 Å². The minimum Gasteiger partial charge on any atom is -0.393 e. The molecule has 1 fully saturated rings. The zero-order valence-corrected chi connectivity index (χ0v) is 10.8. The van der Waals surface area contributed by atoms with E-state index in [1.54, 1.807) is 0 Å². The summed E-state index contributed by atoms with van der Waals surface area (Å²) in [4.78, 5) is 0. The van der Waals surface area contributed by atoms with Gasteiger partial charge in [0.2, 0.25) is 0 Å². The molecule has 1 heterocycles. The second-order valence-electron chi connectivity index (χ2n) is 5.12. The molecule has 4 nitrogen and oxygen atoms in total. The van der Waals surface area contributed by atoms with E-state index in [9.17, 15) is 5.11 Å². The van der Waals surface area contributed by atoms with Crippen LogP contribution in [0.2, 0.25) is 0 Å². The fourth-order valence-corrected chi connectivity index (χ4v) is 2.54. The molecule has 2 atom stereocenters. The molecule has 0 radical (unpaired) electrons. The maximum absolute atomic E-state index is 9.87. The number of aliphatic hydroxyl groups excluding tert-OH is 1. The smallest absolute Gasteiger partial charge is 0.0580 e. The summed E-state index contributed by atoms with van der Waals surface area (Å²) >= 11 is 0. The van der Waals surface area contributed by atoms with Crippen LogP contribution in [0.3, 0.4) is 0 Å². The van der Waals surface area contributed by atoms with Gasteiger partial charge in [-0.15, -0.1) is 0 Å². The number of nitrogens with zero attached hydrogens (tertiary/aromatic N) is 2. The molecule has 1 aliphatic carbocycles. The van der Waals surface area contributed by atoms with Gasteiger partial charge in [-0.1, -0.05) is 12.8 Å². The molecule has 0 spiro atoms. The van der Waals surface area contributed by atoms with Gasteiger partial charge in [0.1, 0.15) is 0 Å². The van der Waals surface area contributed by atoms with Crippen molar-refractivity contribution in [1.82, 2.24) is 15.1 Å². The monoisotopic (exact) mass is 237 g/mol. The first-order valence-electron chi connectivity index (χ1n) is 6.54. The summed E-state index contributed by atoms with van der Waals surface area (Å²) in [7, 11) is 1.96. The van der Waals surface area contributed by atoms with Gasteiger partial charge in [-0.3, -0.25) is 4.68 Å². The molecule has 1 aromatic rings. The van der Waals surface area contributed by atoms with E-state index in [2.05, 4.69) is 17.3 Å². The van der Waals surface area contributed by atoms with Crippen molar-refractivity contribution < 1.29 is 5.11 Å². The maximum Gasteiger partial charge on any atom is 0.0580 e. The number of hydrogen-bond acceptors (Lipinski definition) is 3. The Morgan fingerprint density at radius 1 is 1.47 bits per heavy atom. The molecule has 2 rings (SSSR count). The predicted octanol–water partition coefficient (Wildman–Crippen LogP) is 1.37. The summed E-state index contributed by atoms with van der Waals surface area (Å²) < 4.78 is 1.90. The molecule has 2 unspecified atom stereocenters. The van der Waals surface area contributed by atoms with E-state index in [1.165, 1.54) is 24.1 Å². The third-order valence-corrected chi connectivity index (χ3v) is 3.93. The number of aryl methyl sites for hydroxylation is 1. The number of aromatic nitrogens is 2. The average Bonchev–Trinajstić information content (AvgIpc) is 2.63. The van der Waals surface area contributed by atoms with Crippen LogP contribution >= 0.6 is 0 Å². The molecule has 1 aliphatic rings. The summed E-state index contributed by atoms with van der Waals surface area (Å²) in [5.41, 5.74) is 2.46. The highest BCUT2D eigenvalue weighted by atomic mass is 16.3. The maximum atomic E-state index is 9.87. The zero-order chi connectivity index (χ0) is 12.3. The van der Waals surface area contributed by atoms with Gasteiger partial charge in [-0.25, -0.2) is 0 Å². The van der Waals surface area contributed by atoms with Crippen molar-refractivity contribution in [1.29, 1.82) is 0 Å². The number of rotatable bonds is 4. The number of nitrogens with one attached hydrogen (secondary N) is 1. The number of hydrogen-bond donors (Lipinski definition) is 2. The lowest BCUT2D eigenvalue weighted by atomic mass is 9.86. The van der Waals surface area contributed by atoms with Crippen molar-refractivity contribution >= 4 is 0 Å². The summed E-state index contributed by atoms with van der Waals surface area (Å²) in [5.74, 6) is 0.431. The molecule has 17 heavy (non-hydrogen) atoms. The quantitative estimate of drug-likeness (QED) is 0.831. The first-order valence-corrected chi connectivity index (χ1v) is 6.54. The van der Waals surface area contributed by atoms with Crippen LogP contribution in [0.4, 0.5) is 0 Å². The lowest BCUT2D eigenvalue weighted by Crippen LogP contribution is -2.33. The van der Waals surface area contributed by atoms with Crippen molar-refractivity contribution in [2.24, 2.45) is 13.0 Å². The Hall–Kier alpha value is -0.870. The largest absolute Gasteiger partial charge is 0.393 e. The van der Waals surface area contributed by atoms with Crippen LogP contribution in [0.15, 0.2) is 6.20 Å². The van der Waals surface area contributed by atoms with Crippen LogP contribution in [0.1, 0.15) is 36.9 Å². The molecule has 0 amide bonds.